The third-order valence-corrected chi connectivity index (χ3v) is 5.49. The first kappa shape index (κ1) is 14.3. The number of sulfone groups is 1. The van der Waals surface area contributed by atoms with Gasteiger partial charge in [0.25, 0.3) is 0 Å². The van der Waals surface area contributed by atoms with Crippen molar-refractivity contribution >= 4 is 15.5 Å². The summed E-state index contributed by atoms with van der Waals surface area (Å²) in [5.41, 5.74) is 0.859. The maximum Gasteiger partial charge on any atom is 0.180 e. The largest absolute Gasteiger partial charge is 0.365 e. The molecule has 1 unspecified atom stereocenters. The van der Waals surface area contributed by atoms with E-state index in [1.807, 2.05) is 12.1 Å². The standard InChI is InChI=1S/C14H22N2O2S/c1-3-12-11-15-9-10-16(12)13-7-5-6-8-14(13)19(17,18)4-2/h5-8,12,15H,3-4,9-11H2,1-2H3. The molecule has 1 fully saturated rings. The topological polar surface area (TPSA) is 49.4 Å². The lowest BCUT2D eigenvalue weighted by Gasteiger charge is -2.38. The van der Waals surface area contributed by atoms with Gasteiger partial charge in [0, 0.05) is 25.7 Å². The molecule has 1 atom stereocenters. The van der Waals surface area contributed by atoms with Gasteiger partial charge in [0.2, 0.25) is 0 Å². The maximum atomic E-state index is 12.2. The summed E-state index contributed by atoms with van der Waals surface area (Å²) in [5.74, 6) is 0.146. The number of piperazine rings is 1. The Hall–Kier alpha value is -1.07. The van der Waals surface area contributed by atoms with Crippen LogP contribution in [0.1, 0.15) is 20.3 Å². The van der Waals surface area contributed by atoms with Crippen LogP contribution in [0.5, 0.6) is 0 Å². The lowest BCUT2D eigenvalue weighted by molar-refractivity contribution is 0.464. The fourth-order valence-electron chi connectivity index (χ4n) is 2.56. The highest BCUT2D eigenvalue weighted by Crippen LogP contribution is 2.28. The van der Waals surface area contributed by atoms with E-state index in [9.17, 15) is 8.42 Å². The Morgan fingerprint density at radius 1 is 1.32 bits per heavy atom. The van der Waals surface area contributed by atoms with Crippen molar-refractivity contribution in [3.63, 3.8) is 0 Å². The molecule has 0 amide bonds. The minimum atomic E-state index is -3.17. The Morgan fingerprint density at radius 3 is 2.74 bits per heavy atom. The Morgan fingerprint density at radius 2 is 2.05 bits per heavy atom. The molecule has 0 aromatic heterocycles. The van der Waals surface area contributed by atoms with Gasteiger partial charge in [-0.2, -0.15) is 0 Å². The van der Waals surface area contributed by atoms with E-state index in [1.54, 1.807) is 19.1 Å². The van der Waals surface area contributed by atoms with E-state index < -0.39 is 9.84 Å². The van der Waals surface area contributed by atoms with Gasteiger partial charge in [-0.1, -0.05) is 26.0 Å². The van der Waals surface area contributed by atoms with E-state index in [-0.39, 0.29) is 5.75 Å². The van der Waals surface area contributed by atoms with Crippen LogP contribution in [0.3, 0.4) is 0 Å². The normalized spacial score (nSPS) is 20.5. The molecule has 1 saturated heterocycles. The molecule has 1 aliphatic rings. The molecule has 0 spiro atoms. The Balaban J connectivity index is 2.44. The van der Waals surface area contributed by atoms with Gasteiger partial charge in [0.15, 0.2) is 9.84 Å². The molecule has 0 saturated carbocycles. The number of rotatable bonds is 4. The van der Waals surface area contributed by atoms with Crippen molar-refractivity contribution in [2.75, 3.05) is 30.3 Å². The van der Waals surface area contributed by atoms with E-state index in [0.717, 1.165) is 31.7 Å². The molecule has 19 heavy (non-hydrogen) atoms. The van der Waals surface area contributed by atoms with Crippen molar-refractivity contribution in [3.05, 3.63) is 24.3 Å². The van der Waals surface area contributed by atoms with Crippen molar-refractivity contribution in [1.82, 2.24) is 5.32 Å². The van der Waals surface area contributed by atoms with Gasteiger partial charge in [-0.15, -0.1) is 0 Å². The smallest absolute Gasteiger partial charge is 0.180 e. The fourth-order valence-corrected chi connectivity index (χ4v) is 3.66. The van der Waals surface area contributed by atoms with Crippen LogP contribution in [0, 0.1) is 0 Å². The van der Waals surface area contributed by atoms with Gasteiger partial charge in [0.1, 0.15) is 0 Å². The fraction of sp³-hybridized carbons (Fsp3) is 0.571. The monoisotopic (exact) mass is 282 g/mol. The zero-order chi connectivity index (χ0) is 13.9. The average molecular weight is 282 g/mol. The van der Waals surface area contributed by atoms with Gasteiger partial charge < -0.3 is 10.2 Å². The quantitative estimate of drug-likeness (QED) is 0.912. The molecule has 1 N–H and O–H groups in total. The highest BCUT2D eigenvalue weighted by molar-refractivity contribution is 7.91. The number of benzene rings is 1. The molecular weight excluding hydrogens is 260 g/mol. The van der Waals surface area contributed by atoms with Crippen LogP contribution in [0.2, 0.25) is 0 Å². The maximum absolute atomic E-state index is 12.2. The third-order valence-electron chi connectivity index (χ3n) is 3.71. The van der Waals surface area contributed by atoms with Crippen LogP contribution in [0.4, 0.5) is 5.69 Å². The molecule has 1 aliphatic heterocycles. The van der Waals surface area contributed by atoms with Crippen LogP contribution in [0.15, 0.2) is 29.2 Å². The summed E-state index contributed by atoms with van der Waals surface area (Å²) in [5, 5.41) is 3.37. The summed E-state index contributed by atoms with van der Waals surface area (Å²) in [6, 6.07) is 7.73. The molecule has 0 bridgehead atoms. The second kappa shape index (κ2) is 5.92. The number of anilines is 1. The predicted molar refractivity (Wildman–Crippen MR) is 78.5 cm³/mol. The highest BCUT2D eigenvalue weighted by Gasteiger charge is 2.26. The second-order valence-corrected chi connectivity index (χ2v) is 7.08. The molecule has 0 radical (unpaired) electrons. The van der Waals surface area contributed by atoms with Gasteiger partial charge in [-0.25, -0.2) is 8.42 Å². The number of hydrogen-bond donors (Lipinski definition) is 1. The van der Waals surface area contributed by atoms with Crippen LogP contribution in [-0.4, -0.2) is 39.8 Å². The zero-order valence-corrected chi connectivity index (χ0v) is 12.4. The Kier molecular flexibility index (Phi) is 4.47. The highest BCUT2D eigenvalue weighted by atomic mass is 32.2. The SMILES string of the molecule is CCC1CNCCN1c1ccccc1S(=O)(=O)CC. The van der Waals surface area contributed by atoms with E-state index in [0.29, 0.717) is 10.9 Å². The molecule has 1 heterocycles. The summed E-state index contributed by atoms with van der Waals surface area (Å²) in [7, 11) is -3.17. The van der Waals surface area contributed by atoms with Crippen LogP contribution < -0.4 is 10.2 Å². The number of para-hydroxylation sites is 1. The minimum Gasteiger partial charge on any atom is -0.365 e. The van der Waals surface area contributed by atoms with Crippen molar-refractivity contribution in [3.8, 4) is 0 Å². The van der Waals surface area contributed by atoms with E-state index in [2.05, 4.69) is 17.1 Å². The number of nitrogens with zero attached hydrogens (tertiary/aromatic N) is 1. The van der Waals surface area contributed by atoms with Crippen molar-refractivity contribution in [1.29, 1.82) is 0 Å². The molecular formula is C14H22N2O2S. The average Bonchev–Trinajstić information content (AvgIpc) is 2.47. The first-order valence-electron chi connectivity index (χ1n) is 6.89. The first-order valence-corrected chi connectivity index (χ1v) is 8.54. The summed E-state index contributed by atoms with van der Waals surface area (Å²) < 4.78 is 24.4. The van der Waals surface area contributed by atoms with Gasteiger partial charge >= 0.3 is 0 Å². The van der Waals surface area contributed by atoms with Crippen LogP contribution in [0.25, 0.3) is 0 Å². The Bertz CT molecular complexity index is 528. The molecule has 106 valence electrons. The van der Waals surface area contributed by atoms with Crippen LogP contribution >= 0.6 is 0 Å². The van der Waals surface area contributed by atoms with E-state index in [1.165, 1.54) is 0 Å². The molecule has 5 heteroatoms. The lowest BCUT2D eigenvalue weighted by atomic mass is 10.1. The minimum absolute atomic E-state index is 0.146. The van der Waals surface area contributed by atoms with Gasteiger partial charge in [-0.3, -0.25) is 0 Å². The Labute approximate surface area is 115 Å². The van der Waals surface area contributed by atoms with E-state index in [4.69, 9.17) is 0 Å². The lowest BCUT2D eigenvalue weighted by Crippen LogP contribution is -2.51. The summed E-state index contributed by atoms with van der Waals surface area (Å²) in [4.78, 5) is 2.71. The second-order valence-electron chi connectivity index (χ2n) is 4.83. The first-order chi connectivity index (χ1) is 9.10. The zero-order valence-electron chi connectivity index (χ0n) is 11.6. The predicted octanol–water partition coefficient (Wildman–Crippen LogP) is 1.67. The van der Waals surface area contributed by atoms with Crippen molar-refractivity contribution < 1.29 is 8.42 Å². The summed E-state index contributed by atoms with van der Waals surface area (Å²) in [6.07, 6.45) is 1.01. The third kappa shape index (κ3) is 2.92. The van der Waals surface area contributed by atoms with Crippen molar-refractivity contribution in [2.45, 2.75) is 31.2 Å². The molecule has 0 aliphatic carbocycles. The summed E-state index contributed by atoms with van der Waals surface area (Å²) in [6.45, 7) is 6.51. The van der Waals surface area contributed by atoms with Crippen LogP contribution in [-0.2, 0) is 9.84 Å². The van der Waals surface area contributed by atoms with Gasteiger partial charge in [-0.05, 0) is 18.6 Å². The molecule has 1 aromatic rings. The molecule has 1 aromatic carbocycles. The number of hydrogen-bond acceptors (Lipinski definition) is 4. The van der Waals surface area contributed by atoms with Crippen molar-refractivity contribution in [2.24, 2.45) is 0 Å². The molecule has 4 nitrogen and oxygen atoms in total. The number of nitrogens with one attached hydrogen (secondary N) is 1. The van der Waals surface area contributed by atoms with E-state index >= 15 is 0 Å². The molecule has 2 rings (SSSR count). The summed E-state index contributed by atoms with van der Waals surface area (Å²) >= 11 is 0. The van der Waals surface area contributed by atoms with Gasteiger partial charge in [0.05, 0.1) is 16.3 Å².